The summed E-state index contributed by atoms with van der Waals surface area (Å²) in [7, 11) is 1.70. The zero-order valence-electron chi connectivity index (χ0n) is 8.96. The molecule has 15 heavy (non-hydrogen) atoms. The third-order valence-electron chi connectivity index (χ3n) is 2.86. The molecule has 82 valence electrons. The Morgan fingerprint density at radius 2 is 2.33 bits per heavy atom. The van der Waals surface area contributed by atoms with Gasteiger partial charge in [0.15, 0.2) is 0 Å². The molecule has 0 saturated carbocycles. The van der Waals surface area contributed by atoms with E-state index in [1.165, 1.54) is 5.56 Å². The molecule has 0 amide bonds. The van der Waals surface area contributed by atoms with Crippen molar-refractivity contribution in [2.24, 2.45) is 0 Å². The average Bonchev–Trinajstić information content (AvgIpc) is 2.62. The summed E-state index contributed by atoms with van der Waals surface area (Å²) in [6.45, 7) is 3.81. The second-order valence-corrected chi connectivity index (χ2v) is 4.92. The van der Waals surface area contributed by atoms with Crippen molar-refractivity contribution < 1.29 is 4.84 Å². The first-order chi connectivity index (χ1) is 7.14. The molecule has 1 aromatic rings. The minimum atomic E-state index is -0.0280. The fourth-order valence-electron chi connectivity index (χ4n) is 1.88. The first-order valence-corrected chi connectivity index (χ1v) is 5.73. The quantitative estimate of drug-likeness (QED) is 0.891. The summed E-state index contributed by atoms with van der Waals surface area (Å²) in [5.41, 5.74) is 1.25. The molecule has 0 aromatic heterocycles. The molecule has 1 aliphatic heterocycles. The number of halogens is 1. The van der Waals surface area contributed by atoms with Gasteiger partial charge in [0.2, 0.25) is 0 Å². The first kappa shape index (κ1) is 11.1. The molecule has 0 bridgehead atoms. The van der Waals surface area contributed by atoms with Crippen LogP contribution < -0.4 is 5.32 Å². The Morgan fingerprint density at radius 3 is 2.93 bits per heavy atom. The van der Waals surface area contributed by atoms with Crippen molar-refractivity contribution in [3.8, 4) is 0 Å². The maximum Gasteiger partial charge on any atom is 0.0739 e. The van der Waals surface area contributed by atoms with E-state index in [1.807, 2.05) is 11.1 Å². The molecule has 0 aliphatic carbocycles. The van der Waals surface area contributed by atoms with Gasteiger partial charge in [-0.2, -0.15) is 5.06 Å². The van der Waals surface area contributed by atoms with Gasteiger partial charge in [0.05, 0.1) is 19.3 Å². The van der Waals surface area contributed by atoms with E-state index in [9.17, 15) is 0 Å². The molecule has 2 rings (SSSR count). The van der Waals surface area contributed by atoms with Crippen LogP contribution in [0.2, 0.25) is 0 Å². The lowest BCUT2D eigenvalue weighted by atomic mass is 9.93. The van der Waals surface area contributed by atoms with Crippen molar-refractivity contribution in [3.63, 3.8) is 0 Å². The number of rotatable bonds is 2. The van der Waals surface area contributed by atoms with E-state index < -0.39 is 0 Å². The number of hydrogen-bond acceptors (Lipinski definition) is 3. The molecular weight excluding hydrogens is 256 g/mol. The molecule has 4 heteroatoms. The molecule has 1 aliphatic rings. The van der Waals surface area contributed by atoms with Gasteiger partial charge in [0, 0.05) is 11.0 Å². The van der Waals surface area contributed by atoms with Crippen molar-refractivity contribution >= 4 is 15.9 Å². The summed E-state index contributed by atoms with van der Waals surface area (Å²) in [6, 6.07) is 8.38. The van der Waals surface area contributed by atoms with Crippen LogP contribution in [0.25, 0.3) is 0 Å². The zero-order chi connectivity index (χ0) is 10.9. The maximum atomic E-state index is 5.22. The van der Waals surface area contributed by atoms with Gasteiger partial charge in [-0.05, 0) is 24.6 Å². The molecule has 0 spiro atoms. The van der Waals surface area contributed by atoms with Gasteiger partial charge in [-0.15, -0.1) is 0 Å². The van der Waals surface area contributed by atoms with E-state index in [1.54, 1.807) is 7.11 Å². The Balaban J connectivity index is 2.23. The van der Waals surface area contributed by atoms with Crippen molar-refractivity contribution in [2.45, 2.75) is 12.5 Å². The summed E-state index contributed by atoms with van der Waals surface area (Å²) in [5, 5.41) is 5.38. The SMILES string of the molecule is CON1CNC(C)(c2cccc(Br)c2)C1. The van der Waals surface area contributed by atoms with Crippen molar-refractivity contribution in [3.05, 3.63) is 34.3 Å². The Morgan fingerprint density at radius 1 is 1.53 bits per heavy atom. The standard InChI is InChI=1S/C11H15BrN2O/c1-11(7-14(15-2)8-13-11)9-4-3-5-10(12)6-9/h3-6,13H,7-8H2,1-2H3. The minimum absolute atomic E-state index is 0.0280. The van der Waals surface area contributed by atoms with E-state index >= 15 is 0 Å². The molecule has 1 heterocycles. The van der Waals surface area contributed by atoms with Crippen LogP contribution in [0.3, 0.4) is 0 Å². The molecule has 1 saturated heterocycles. The molecule has 1 atom stereocenters. The van der Waals surface area contributed by atoms with Crippen LogP contribution in [-0.4, -0.2) is 25.4 Å². The molecule has 0 radical (unpaired) electrons. The Bertz CT molecular complexity index is 358. The minimum Gasteiger partial charge on any atom is -0.301 e. The van der Waals surface area contributed by atoms with E-state index in [4.69, 9.17) is 4.84 Å². The highest BCUT2D eigenvalue weighted by molar-refractivity contribution is 9.10. The van der Waals surface area contributed by atoms with Crippen LogP contribution in [0.15, 0.2) is 28.7 Å². The van der Waals surface area contributed by atoms with E-state index in [0.717, 1.165) is 17.7 Å². The van der Waals surface area contributed by atoms with Gasteiger partial charge < -0.3 is 4.84 Å². The van der Waals surface area contributed by atoms with Gasteiger partial charge in [-0.25, -0.2) is 0 Å². The Hall–Kier alpha value is -0.420. The number of nitrogens with zero attached hydrogens (tertiary/aromatic N) is 1. The van der Waals surface area contributed by atoms with Crippen LogP contribution >= 0.6 is 15.9 Å². The molecule has 1 N–H and O–H groups in total. The average molecular weight is 271 g/mol. The van der Waals surface area contributed by atoms with Gasteiger partial charge in [0.1, 0.15) is 0 Å². The summed E-state index contributed by atoms with van der Waals surface area (Å²) in [5.74, 6) is 0. The number of nitrogens with one attached hydrogen (secondary N) is 1. The molecular formula is C11H15BrN2O. The van der Waals surface area contributed by atoms with Gasteiger partial charge in [-0.3, -0.25) is 5.32 Å². The zero-order valence-corrected chi connectivity index (χ0v) is 10.5. The van der Waals surface area contributed by atoms with E-state index in [0.29, 0.717) is 0 Å². The fraction of sp³-hybridized carbons (Fsp3) is 0.455. The number of hydrogen-bond donors (Lipinski definition) is 1. The lowest BCUT2D eigenvalue weighted by Gasteiger charge is -2.24. The number of benzene rings is 1. The van der Waals surface area contributed by atoms with Crippen LogP contribution in [0.4, 0.5) is 0 Å². The highest BCUT2D eigenvalue weighted by Crippen LogP contribution is 2.27. The monoisotopic (exact) mass is 270 g/mol. The molecule has 1 aromatic carbocycles. The summed E-state index contributed by atoms with van der Waals surface area (Å²) in [6.07, 6.45) is 0. The highest BCUT2D eigenvalue weighted by atomic mass is 79.9. The lowest BCUT2D eigenvalue weighted by Crippen LogP contribution is -2.35. The molecule has 1 fully saturated rings. The summed E-state index contributed by atoms with van der Waals surface area (Å²) in [4.78, 5) is 5.22. The second kappa shape index (κ2) is 4.22. The van der Waals surface area contributed by atoms with Crippen molar-refractivity contribution in [1.82, 2.24) is 10.4 Å². The topological polar surface area (TPSA) is 24.5 Å². The predicted molar refractivity (Wildman–Crippen MR) is 63.2 cm³/mol. The third-order valence-corrected chi connectivity index (χ3v) is 3.35. The van der Waals surface area contributed by atoms with Crippen LogP contribution in [0.1, 0.15) is 12.5 Å². The van der Waals surface area contributed by atoms with Crippen LogP contribution in [0.5, 0.6) is 0 Å². The maximum absolute atomic E-state index is 5.22. The summed E-state index contributed by atoms with van der Waals surface area (Å²) < 4.78 is 1.11. The summed E-state index contributed by atoms with van der Waals surface area (Å²) >= 11 is 3.49. The fourth-order valence-corrected chi connectivity index (χ4v) is 2.28. The largest absolute Gasteiger partial charge is 0.301 e. The predicted octanol–water partition coefficient (Wildman–Crippen LogP) is 2.09. The smallest absolute Gasteiger partial charge is 0.0739 e. The normalized spacial score (nSPS) is 27.1. The van der Waals surface area contributed by atoms with Crippen LogP contribution in [0, 0.1) is 0 Å². The molecule has 3 nitrogen and oxygen atoms in total. The number of hydroxylamine groups is 2. The highest BCUT2D eigenvalue weighted by Gasteiger charge is 2.35. The lowest BCUT2D eigenvalue weighted by molar-refractivity contribution is -0.116. The Kier molecular flexibility index (Phi) is 3.11. The first-order valence-electron chi connectivity index (χ1n) is 4.94. The van der Waals surface area contributed by atoms with Crippen molar-refractivity contribution in [2.75, 3.05) is 20.3 Å². The second-order valence-electron chi connectivity index (χ2n) is 4.00. The third kappa shape index (κ3) is 2.23. The van der Waals surface area contributed by atoms with E-state index in [2.05, 4.69) is 46.4 Å². The van der Waals surface area contributed by atoms with Crippen LogP contribution in [-0.2, 0) is 10.4 Å². The van der Waals surface area contributed by atoms with Crippen molar-refractivity contribution in [1.29, 1.82) is 0 Å². The van der Waals surface area contributed by atoms with Gasteiger partial charge in [-0.1, -0.05) is 28.1 Å². The van der Waals surface area contributed by atoms with Gasteiger partial charge in [0.25, 0.3) is 0 Å². The van der Waals surface area contributed by atoms with Gasteiger partial charge >= 0.3 is 0 Å². The van der Waals surface area contributed by atoms with E-state index in [-0.39, 0.29) is 5.54 Å². The molecule has 1 unspecified atom stereocenters. The Labute approximate surface area is 98.5 Å².